The van der Waals surface area contributed by atoms with Crippen molar-refractivity contribution in [3.05, 3.63) is 72.6 Å². The summed E-state index contributed by atoms with van der Waals surface area (Å²) in [5.41, 5.74) is 9.29. The minimum Gasteiger partial charge on any atom is -0.371 e. The van der Waals surface area contributed by atoms with Gasteiger partial charge in [-0.1, -0.05) is 18.2 Å². The minimum absolute atomic E-state index is 0.0189. The Morgan fingerprint density at radius 2 is 1.71 bits per heavy atom. The van der Waals surface area contributed by atoms with Crippen molar-refractivity contribution in [2.24, 2.45) is 11.7 Å². The second-order valence-electron chi connectivity index (χ2n) is 7.89. The number of piperidine rings is 1. The highest BCUT2D eigenvalue weighted by Gasteiger charge is 2.23. The SMILES string of the molecule is NC(=O)C1CCN(c2ccc(NC(=O)CCc3cnn(-c4ccccc4)c3)cc2)CC1. The predicted octanol–water partition coefficient (Wildman–Crippen LogP) is 3.15. The van der Waals surface area contributed by atoms with Crippen LogP contribution in [0.25, 0.3) is 5.69 Å². The molecule has 1 aliphatic rings. The fourth-order valence-corrected chi connectivity index (χ4v) is 3.87. The van der Waals surface area contributed by atoms with E-state index in [9.17, 15) is 9.59 Å². The first-order valence-corrected chi connectivity index (χ1v) is 10.6. The summed E-state index contributed by atoms with van der Waals surface area (Å²) < 4.78 is 1.82. The average Bonchev–Trinajstić information content (AvgIpc) is 3.28. The summed E-state index contributed by atoms with van der Waals surface area (Å²) in [6.45, 7) is 1.63. The van der Waals surface area contributed by atoms with E-state index in [0.717, 1.165) is 48.6 Å². The molecule has 0 radical (unpaired) electrons. The Bertz CT molecular complexity index is 1020. The first-order chi connectivity index (χ1) is 15.1. The maximum Gasteiger partial charge on any atom is 0.224 e. The summed E-state index contributed by atoms with van der Waals surface area (Å²) in [5, 5.41) is 7.33. The largest absolute Gasteiger partial charge is 0.371 e. The van der Waals surface area contributed by atoms with Gasteiger partial charge in [-0.25, -0.2) is 4.68 Å². The Morgan fingerprint density at radius 3 is 2.39 bits per heavy atom. The number of rotatable bonds is 7. The Morgan fingerprint density at radius 1 is 1.00 bits per heavy atom. The summed E-state index contributed by atoms with van der Waals surface area (Å²) in [6, 6.07) is 17.7. The smallest absolute Gasteiger partial charge is 0.224 e. The van der Waals surface area contributed by atoms with Gasteiger partial charge in [0.15, 0.2) is 0 Å². The van der Waals surface area contributed by atoms with Gasteiger partial charge in [0.2, 0.25) is 11.8 Å². The molecule has 3 aromatic rings. The molecule has 3 N–H and O–H groups in total. The molecule has 0 atom stereocenters. The van der Waals surface area contributed by atoms with Gasteiger partial charge >= 0.3 is 0 Å². The summed E-state index contributed by atoms with van der Waals surface area (Å²) in [4.78, 5) is 25.9. The zero-order valence-electron chi connectivity index (χ0n) is 17.4. The van der Waals surface area contributed by atoms with Crippen LogP contribution in [-0.4, -0.2) is 34.7 Å². The molecule has 0 saturated carbocycles. The molecule has 160 valence electrons. The summed E-state index contributed by atoms with van der Waals surface area (Å²) >= 11 is 0. The monoisotopic (exact) mass is 417 g/mol. The van der Waals surface area contributed by atoms with Crippen LogP contribution in [-0.2, 0) is 16.0 Å². The lowest BCUT2D eigenvalue weighted by Gasteiger charge is -2.32. The zero-order valence-corrected chi connectivity index (χ0v) is 17.4. The molecular weight excluding hydrogens is 390 g/mol. The van der Waals surface area contributed by atoms with Crippen molar-refractivity contribution in [2.45, 2.75) is 25.7 Å². The predicted molar refractivity (Wildman–Crippen MR) is 121 cm³/mol. The molecule has 7 heteroatoms. The highest BCUT2D eigenvalue weighted by Crippen LogP contribution is 2.24. The van der Waals surface area contributed by atoms with Gasteiger partial charge in [0.1, 0.15) is 0 Å². The highest BCUT2D eigenvalue weighted by molar-refractivity contribution is 5.91. The molecule has 1 aromatic heterocycles. The molecule has 2 heterocycles. The van der Waals surface area contributed by atoms with E-state index in [1.807, 2.05) is 65.5 Å². The fraction of sp³-hybridized carbons (Fsp3) is 0.292. The number of aryl methyl sites for hydroxylation is 1. The highest BCUT2D eigenvalue weighted by atomic mass is 16.2. The van der Waals surface area contributed by atoms with Crippen molar-refractivity contribution in [3.63, 3.8) is 0 Å². The quantitative estimate of drug-likeness (QED) is 0.618. The number of primary amides is 1. The van der Waals surface area contributed by atoms with Crippen molar-refractivity contribution in [1.82, 2.24) is 9.78 Å². The number of hydrogen-bond acceptors (Lipinski definition) is 4. The van der Waals surface area contributed by atoms with Gasteiger partial charge in [0.05, 0.1) is 11.9 Å². The molecule has 2 amide bonds. The number of carbonyl (C=O) groups is 2. The Kier molecular flexibility index (Phi) is 6.31. The molecular formula is C24H27N5O2. The molecule has 0 unspecified atom stereocenters. The van der Waals surface area contributed by atoms with Crippen molar-refractivity contribution in [2.75, 3.05) is 23.3 Å². The molecule has 31 heavy (non-hydrogen) atoms. The lowest BCUT2D eigenvalue weighted by molar-refractivity contribution is -0.122. The summed E-state index contributed by atoms with van der Waals surface area (Å²) in [7, 11) is 0. The Hall–Kier alpha value is -3.61. The van der Waals surface area contributed by atoms with Gasteiger partial charge in [0, 0.05) is 43.0 Å². The number of amides is 2. The lowest BCUT2D eigenvalue weighted by Crippen LogP contribution is -2.38. The molecule has 0 spiro atoms. The topological polar surface area (TPSA) is 93.2 Å². The number of benzene rings is 2. The average molecular weight is 418 g/mol. The van der Waals surface area contributed by atoms with Crippen LogP contribution in [0, 0.1) is 5.92 Å². The maximum absolute atomic E-state index is 12.4. The van der Waals surface area contributed by atoms with E-state index in [4.69, 9.17) is 5.73 Å². The molecule has 7 nitrogen and oxygen atoms in total. The van der Waals surface area contributed by atoms with Gasteiger partial charge in [-0.3, -0.25) is 9.59 Å². The molecule has 2 aromatic carbocycles. The van der Waals surface area contributed by atoms with Gasteiger partial charge < -0.3 is 16.0 Å². The minimum atomic E-state index is -0.204. The van der Waals surface area contributed by atoms with Crippen LogP contribution in [0.4, 0.5) is 11.4 Å². The van der Waals surface area contributed by atoms with Crippen LogP contribution in [0.2, 0.25) is 0 Å². The van der Waals surface area contributed by atoms with Crippen LogP contribution >= 0.6 is 0 Å². The number of anilines is 2. The van der Waals surface area contributed by atoms with Crippen molar-refractivity contribution >= 4 is 23.2 Å². The Balaban J connectivity index is 1.26. The molecule has 1 saturated heterocycles. The maximum atomic E-state index is 12.4. The van der Waals surface area contributed by atoms with Crippen molar-refractivity contribution < 1.29 is 9.59 Å². The number of para-hydroxylation sites is 1. The summed E-state index contributed by atoms with van der Waals surface area (Å²) in [6.07, 6.45) is 6.35. The van der Waals surface area contributed by atoms with E-state index < -0.39 is 0 Å². The molecule has 1 fully saturated rings. The van der Waals surface area contributed by atoms with Crippen molar-refractivity contribution in [1.29, 1.82) is 0 Å². The van der Waals surface area contributed by atoms with E-state index in [0.29, 0.717) is 12.8 Å². The molecule has 0 aliphatic carbocycles. The van der Waals surface area contributed by atoms with Gasteiger partial charge in [0.25, 0.3) is 0 Å². The zero-order chi connectivity index (χ0) is 21.6. The van der Waals surface area contributed by atoms with Gasteiger partial charge in [-0.2, -0.15) is 5.10 Å². The van der Waals surface area contributed by atoms with Crippen LogP contribution in [0.1, 0.15) is 24.8 Å². The third kappa shape index (κ3) is 5.31. The summed E-state index contributed by atoms with van der Waals surface area (Å²) in [5.74, 6) is -0.248. The third-order valence-electron chi connectivity index (χ3n) is 5.71. The second kappa shape index (κ2) is 9.47. The van der Waals surface area contributed by atoms with E-state index in [2.05, 4.69) is 15.3 Å². The van der Waals surface area contributed by atoms with Crippen LogP contribution < -0.4 is 16.0 Å². The standard InChI is InChI=1S/C24H27N5O2/c25-24(31)19-12-14-28(15-13-19)21-9-7-20(8-10-21)27-23(30)11-6-18-16-26-29(17-18)22-4-2-1-3-5-22/h1-5,7-10,16-17,19H,6,11-15H2,(H2,25,31)(H,27,30). The normalized spacial score (nSPS) is 14.4. The molecule has 4 rings (SSSR count). The lowest BCUT2D eigenvalue weighted by atomic mass is 9.96. The first kappa shape index (κ1) is 20.7. The number of nitrogens with zero attached hydrogens (tertiary/aromatic N) is 3. The van der Waals surface area contributed by atoms with Crippen molar-refractivity contribution in [3.8, 4) is 5.69 Å². The van der Waals surface area contributed by atoms with Gasteiger partial charge in [-0.05, 0) is 61.2 Å². The number of hydrogen-bond donors (Lipinski definition) is 2. The van der Waals surface area contributed by atoms with Crippen LogP contribution in [0.15, 0.2) is 67.0 Å². The second-order valence-corrected chi connectivity index (χ2v) is 7.89. The molecule has 1 aliphatic heterocycles. The number of aromatic nitrogens is 2. The Labute approximate surface area is 181 Å². The number of carbonyl (C=O) groups excluding carboxylic acids is 2. The number of nitrogens with two attached hydrogens (primary N) is 1. The van der Waals surface area contributed by atoms with Crippen LogP contribution in [0.3, 0.4) is 0 Å². The van der Waals surface area contributed by atoms with E-state index in [-0.39, 0.29) is 17.7 Å². The molecule has 0 bridgehead atoms. The fourth-order valence-electron chi connectivity index (χ4n) is 3.87. The number of nitrogens with one attached hydrogen (secondary N) is 1. The van der Waals surface area contributed by atoms with E-state index >= 15 is 0 Å². The van der Waals surface area contributed by atoms with E-state index in [1.165, 1.54) is 0 Å². The van der Waals surface area contributed by atoms with Crippen LogP contribution in [0.5, 0.6) is 0 Å². The third-order valence-corrected chi connectivity index (χ3v) is 5.71. The first-order valence-electron chi connectivity index (χ1n) is 10.6. The van der Waals surface area contributed by atoms with E-state index in [1.54, 1.807) is 6.20 Å². The van der Waals surface area contributed by atoms with Gasteiger partial charge in [-0.15, -0.1) is 0 Å².